The highest BCUT2D eigenvalue weighted by Gasteiger charge is 2.33. The first kappa shape index (κ1) is 10.6. The molecule has 1 heterocycles. The van der Waals surface area contributed by atoms with Crippen LogP contribution in [0.3, 0.4) is 0 Å². The molecule has 74 valence electrons. The third-order valence-electron chi connectivity index (χ3n) is 2.41. The molecule has 13 heavy (non-hydrogen) atoms. The minimum absolute atomic E-state index is 0.00938. The Morgan fingerprint density at radius 2 is 2.54 bits per heavy atom. The Labute approximate surface area is 82.4 Å². The summed E-state index contributed by atoms with van der Waals surface area (Å²) in [6.07, 6.45) is 3.75. The van der Waals surface area contributed by atoms with Crippen molar-refractivity contribution in [2.45, 2.75) is 37.0 Å². The van der Waals surface area contributed by atoms with E-state index in [2.05, 4.69) is 13.0 Å². The minimum Gasteiger partial charge on any atom is -0.481 e. The summed E-state index contributed by atoms with van der Waals surface area (Å²) in [5, 5.41) is 10.6. The van der Waals surface area contributed by atoms with Gasteiger partial charge < -0.3 is 10.8 Å². The fourth-order valence-corrected chi connectivity index (χ4v) is 2.35. The molecule has 1 rings (SSSR count). The third kappa shape index (κ3) is 2.74. The maximum atomic E-state index is 10.3. The number of carboxylic acids is 1. The maximum absolute atomic E-state index is 10.3. The Kier molecular flexibility index (Phi) is 3.39. The van der Waals surface area contributed by atoms with E-state index in [0.717, 1.165) is 6.42 Å². The fourth-order valence-electron chi connectivity index (χ4n) is 1.36. The largest absolute Gasteiger partial charge is 0.481 e. The standard InChI is InChI=1S/C9H15NO2S/c1-9(5-2-6-13-9)7(10)3-4-8(11)12/h2,6-7H,3-5,10H2,1H3,(H,11,12). The summed E-state index contributed by atoms with van der Waals surface area (Å²) in [5.74, 6) is -0.769. The highest BCUT2D eigenvalue weighted by atomic mass is 32.2. The molecular formula is C9H15NO2S. The van der Waals surface area contributed by atoms with Crippen LogP contribution in [0.5, 0.6) is 0 Å². The average molecular weight is 201 g/mol. The molecule has 0 saturated heterocycles. The van der Waals surface area contributed by atoms with E-state index in [0.29, 0.717) is 6.42 Å². The van der Waals surface area contributed by atoms with Crippen LogP contribution in [0.2, 0.25) is 0 Å². The number of hydrogen-bond acceptors (Lipinski definition) is 3. The van der Waals surface area contributed by atoms with Gasteiger partial charge in [0.15, 0.2) is 0 Å². The van der Waals surface area contributed by atoms with Crippen molar-refractivity contribution in [1.82, 2.24) is 0 Å². The molecule has 0 aliphatic carbocycles. The molecule has 3 nitrogen and oxygen atoms in total. The van der Waals surface area contributed by atoms with Gasteiger partial charge in [-0.05, 0) is 25.2 Å². The normalized spacial score (nSPS) is 29.1. The summed E-state index contributed by atoms with van der Waals surface area (Å²) in [4.78, 5) is 10.3. The number of rotatable bonds is 4. The maximum Gasteiger partial charge on any atom is 0.303 e. The summed E-state index contributed by atoms with van der Waals surface area (Å²) in [6.45, 7) is 2.09. The quantitative estimate of drug-likeness (QED) is 0.725. The third-order valence-corrected chi connectivity index (χ3v) is 3.75. The van der Waals surface area contributed by atoms with E-state index < -0.39 is 5.97 Å². The summed E-state index contributed by atoms with van der Waals surface area (Å²) in [5.41, 5.74) is 5.94. The first-order valence-electron chi connectivity index (χ1n) is 4.35. The van der Waals surface area contributed by atoms with E-state index >= 15 is 0 Å². The molecule has 0 aromatic rings. The topological polar surface area (TPSA) is 63.3 Å². The number of thioether (sulfide) groups is 1. The molecule has 3 N–H and O–H groups in total. The molecule has 0 fully saturated rings. The predicted molar refractivity (Wildman–Crippen MR) is 54.6 cm³/mol. The lowest BCUT2D eigenvalue weighted by molar-refractivity contribution is -0.137. The lowest BCUT2D eigenvalue weighted by atomic mass is 9.94. The van der Waals surface area contributed by atoms with E-state index in [1.807, 2.05) is 5.41 Å². The van der Waals surface area contributed by atoms with Crippen LogP contribution in [0.1, 0.15) is 26.2 Å². The van der Waals surface area contributed by atoms with Crippen molar-refractivity contribution in [3.63, 3.8) is 0 Å². The van der Waals surface area contributed by atoms with Crippen LogP contribution in [-0.2, 0) is 4.79 Å². The average Bonchev–Trinajstić information content (AvgIpc) is 2.49. The van der Waals surface area contributed by atoms with Gasteiger partial charge in [-0.25, -0.2) is 0 Å². The molecule has 0 aromatic heterocycles. The highest BCUT2D eigenvalue weighted by Crippen LogP contribution is 2.39. The van der Waals surface area contributed by atoms with Crippen molar-refractivity contribution in [2.24, 2.45) is 5.73 Å². The zero-order valence-electron chi connectivity index (χ0n) is 7.69. The fraction of sp³-hybridized carbons (Fsp3) is 0.667. The Morgan fingerprint density at radius 3 is 3.00 bits per heavy atom. The number of nitrogens with two attached hydrogens (primary N) is 1. The van der Waals surface area contributed by atoms with Gasteiger partial charge in [0.1, 0.15) is 0 Å². The Hall–Kier alpha value is -0.480. The molecule has 2 unspecified atom stereocenters. The van der Waals surface area contributed by atoms with Crippen molar-refractivity contribution in [3.8, 4) is 0 Å². The SMILES string of the molecule is CC1(C(N)CCC(=O)O)CC=CS1. The molecule has 0 saturated carbocycles. The molecule has 0 amide bonds. The van der Waals surface area contributed by atoms with Gasteiger partial charge in [0.2, 0.25) is 0 Å². The number of carbonyl (C=O) groups is 1. The molecule has 0 aromatic carbocycles. The molecule has 0 spiro atoms. The molecule has 4 heteroatoms. The van der Waals surface area contributed by atoms with Crippen LogP contribution in [-0.4, -0.2) is 21.9 Å². The van der Waals surface area contributed by atoms with Gasteiger partial charge in [0, 0.05) is 17.2 Å². The number of carboxylic acid groups (broad SMARTS) is 1. The van der Waals surface area contributed by atoms with E-state index in [1.54, 1.807) is 11.8 Å². The van der Waals surface area contributed by atoms with Crippen LogP contribution in [0.4, 0.5) is 0 Å². The highest BCUT2D eigenvalue weighted by molar-refractivity contribution is 8.03. The molecule has 1 aliphatic rings. The van der Waals surface area contributed by atoms with Gasteiger partial charge in [-0.15, -0.1) is 11.8 Å². The lowest BCUT2D eigenvalue weighted by Crippen LogP contribution is -2.41. The minimum atomic E-state index is -0.769. The Bertz CT molecular complexity index is 220. The molecule has 1 aliphatic heterocycles. The van der Waals surface area contributed by atoms with Gasteiger partial charge >= 0.3 is 5.97 Å². The second kappa shape index (κ2) is 4.15. The van der Waals surface area contributed by atoms with Gasteiger partial charge in [-0.3, -0.25) is 4.79 Å². The second-order valence-electron chi connectivity index (χ2n) is 3.55. The zero-order chi connectivity index (χ0) is 9.90. The lowest BCUT2D eigenvalue weighted by Gasteiger charge is -2.29. The summed E-state index contributed by atoms with van der Waals surface area (Å²) >= 11 is 1.71. The van der Waals surface area contributed by atoms with E-state index in [1.165, 1.54) is 0 Å². The predicted octanol–water partition coefficient (Wildman–Crippen LogP) is 1.59. The van der Waals surface area contributed by atoms with Crippen molar-refractivity contribution in [2.75, 3.05) is 0 Å². The molecule has 0 bridgehead atoms. The Morgan fingerprint density at radius 1 is 1.85 bits per heavy atom. The summed E-state index contributed by atoms with van der Waals surface area (Å²) < 4.78 is 0.00938. The smallest absolute Gasteiger partial charge is 0.303 e. The van der Waals surface area contributed by atoms with Crippen LogP contribution >= 0.6 is 11.8 Å². The van der Waals surface area contributed by atoms with Crippen LogP contribution in [0.15, 0.2) is 11.5 Å². The number of hydrogen-bond donors (Lipinski definition) is 2. The van der Waals surface area contributed by atoms with Gasteiger partial charge in [0.05, 0.1) is 0 Å². The zero-order valence-corrected chi connectivity index (χ0v) is 8.51. The van der Waals surface area contributed by atoms with E-state index in [-0.39, 0.29) is 17.2 Å². The second-order valence-corrected chi connectivity index (χ2v) is 4.99. The van der Waals surface area contributed by atoms with Crippen molar-refractivity contribution in [1.29, 1.82) is 0 Å². The monoisotopic (exact) mass is 201 g/mol. The van der Waals surface area contributed by atoms with Crippen LogP contribution < -0.4 is 5.73 Å². The first-order valence-corrected chi connectivity index (χ1v) is 5.23. The van der Waals surface area contributed by atoms with Gasteiger partial charge in [-0.2, -0.15) is 0 Å². The first-order chi connectivity index (χ1) is 6.04. The number of aliphatic carboxylic acids is 1. The van der Waals surface area contributed by atoms with Crippen molar-refractivity contribution in [3.05, 3.63) is 11.5 Å². The van der Waals surface area contributed by atoms with Crippen LogP contribution in [0.25, 0.3) is 0 Å². The summed E-state index contributed by atoms with van der Waals surface area (Å²) in [6, 6.07) is -0.0383. The Balaban J connectivity index is 2.38. The van der Waals surface area contributed by atoms with E-state index in [4.69, 9.17) is 10.8 Å². The number of allylic oxidation sites excluding steroid dienone is 1. The molecule has 0 radical (unpaired) electrons. The van der Waals surface area contributed by atoms with Crippen LogP contribution in [0, 0.1) is 0 Å². The van der Waals surface area contributed by atoms with Gasteiger partial charge in [0.25, 0.3) is 0 Å². The van der Waals surface area contributed by atoms with Crippen molar-refractivity contribution < 1.29 is 9.90 Å². The summed E-state index contributed by atoms with van der Waals surface area (Å²) in [7, 11) is 0. The molecule has 2 atom stereocenters. The van der Waals surface area contributed by atoms with E-state index in [9.17, 15) is 4.79 Å². The van der Waals surface area contributed by atoms with Crippen molar-refractivity contribution >= 4 is 17.7 Å². The van der Waals surface area contributed by atoms with Gasteiger partial charge in [-0.1, -0.05) is 6.08 Å². The molecular weight excluding hydrogens is 186 g/mol.